The molecule has 1 aromatic heterocycles. The number of hydrogen-bond donors (Lipinski definition) is 1. The van der Waals surface area contributed by atoms with Gasteiger partial charge in [0.05, 0.1) is 17.5 Å². The molecule has 2 aromatic rings. The Hall–Kier alpha value is -2.27. The average molecular weight is 360 g/mol. The summed E-state index contributed by atoms with van der Waals surface area (Å²) in [5.41, 5.74) is 0. The van der Waals surface area contributed by atoms with E-state index in [1.54, 1.807) is 12.3 Å². The standard InChI is InChI=1S/C19H22ClN3O2/c20-16-7-1-2-8-17(16)25-13-11-22-19(24)15-6-5-12-23(14-15)18-9-3-4-10-21-18/h1-4,7-10,15H,5-6,11-14H2,(H,22,24). The van der Waals surface area contributed by atoms with Crippen LogP contribution in [-0.2, 0) is 4.79 Å². The molecule has 1 unspecified atom stereocenters. The summed E-state index contributed by atoms with van der Waals surface area (Å²) in [6.07, 6.45) is 3.68. The number of benzene rings is 1. The Morgan fingerprint density at radius 3 is 2.92 bits per heavy atom. The normalized spacial score (nSPS) is 17.2. The highest BCUT2D eigenvalue weighted by Crippen LogP contribution is 2.23. The Balaban J connectivity index is 1.44. The molecule has 5 nitrogen and oxygen atoms in total. The Kier molecular flexibility index (Phi) is 6.12. The van der Waals surface area contributed by atoms with Crippen molar-refractivity contribution in [2.45, 2.75) is 12.8 Å². The number of rotatable bonds is 6. The quantitative estimate of drug-likeness (QED) is 0.805. The molecule has 1 aliphatic rings. The average Bonchev–Trinajstić information content (AvgIpc) is 2.67. The van der Waals surface area contributed by atoms with Crippen LogP contribution < -0.4 is 15.0 Å². The molecule has 3 rings (SSSR count). The molecule has 25 heavy (non-hydrogen) atoms. The molecule has 6 heteroatoms. The lowest BCUT2D eigenvalue weighted by Crippen LogP contribution is -2.44. The third-order valence-electron chi connectivity index (χ3n) is 4.26. The lowest BCUT2D eigenvalue weighted by molar-refractivity contribution is -0.125. The van der Waals surface area contributed by atoms with Crippen LogP contribution >= 0.6 is 11.6 Å². The molecule has 132 valence electrons. The van der Waals surface area contributed by atoms with Gasteiger partial charge in [-0.15, -0.1) is 0 Å². The van der Waals surface area contributed by atoms with Gasteiger partial charge in [-0.05, 0) is 37.1 Å². The number of aromatic nitrogens is 1. The smallest absolute Gasteiger partial charge is 0.225 e. The Morgan fingerprint density at radius 2 is 2.12 bits per heavy atom. The van der Waals surface area contributed by atoms with Crippen molar-refractivity contribution in [3.63, 3.8) is 0 Å². The monoisotopic (exact) mass is 359 g/mol. The van der Waals surface area contributed by atoms with Crippen molar-refractivity contribution in [2.75, 3.05) is 31.1 Å². The minimum Gasteiger partial charge on any atom is -0.490 e. The van der Waals surface area contributed by atoms with Crippen LogP contribution in [0.2, 0.25) is 5.02 Å². The summed E-state index contributed by atoms with van der Waals surface area (Å²) in [7, 11) is 0. The van der Waals surface area contributed by atoms with E-state index in [-0.39, 0.29) is 11.8 Å². The zero-order valence-electron chi connectivity index (χ0n) is 14.0. The van der Waals surface area contributed by atoms with Crippen molar-refractivity contribution in [2.24, 2.45) is 5.92 Å². The number of pyridine rings is 1. The predicted molar refractivity (Wildman–Crippen MR) is 99.1 cm³/mol. The highest BCUT2D eigenvalue weighted by molar-refractivity contribution is 6.32. The number of nitrogens with one attached hydrogen (secondary N) is 1. The van der Waals surface area contributed by atoms with Crippen LogP contribution in [0, 0.1) is 5.92 Å². The number of piperidine rings is 1. The predicted octanol–water partition coefficient (Wildman–Crippen LogP) is 3.15. The van der Waals surface area contributed by atoms with Crippen LogP contribution in [0.4, 0.5) is 5.82 Å². The third-order valence-corrected chi connectivity index (χ3v) is 4.57. The van der Waals surface area contributed by atoms with Gasteiger partial charge in [-0.1, -0.05) is 29.8 Å². The lowest BCUT2D eigenvalue weighted by atomic mass is 9.97. The lowest BCUT2D eigenvalue weighted by Gasteiger charge is -2.32. The van der Waals surface area contributed by atoms with E-state index < -0.39 is 0 Å². The first-order valence-electron chi connectivity index (χ1n) is 8.55. The van der Waals surface area contributed by atoms with E-state index in [2.05, 4.69) is 15.2 Å². The Labute approximate surface area is 153 Å². The second kappa shape index (κ2) is 8.72. The molecule has 1 saturated heterocycles. The summed E-state index contributed by atoms with van der Waals surface area (Å²) in [6, 6.07) is 13.2. The minimum atomic E-state index is -0.0175. The topological polar surface area (TPSA) is 54.5 Å². The van der Waals surface area contributed by atoms with Crippen LogP contribution in [0.1, 0.15) is 12.8 Å². The van der Waals surface area contributed by atoms with Crippen LogP contribution in [0.15, 0.2) is 48.7 Å². The van der Waals surface area contributed by atoms with Gasteiger partial charge in [0.15, 0.2) is 0 Å². The first-order valence-corrected chi connectivity index (χ1v) is 8.93. The van der Waals surface area contributed by atoms with Crippen molar-refractivity contribution in [1.82, 2.24) is 10.3 Å². The molecule has 1 atom stereocenters. The van der Waals surface area contributed by atoms with Crippen LogP contribution in [0.5, 0.6) is 5.75 Å². The van der Waals surface area contributed by atoms with Gasteiger partial charge in [0, 0.05) is 19.3 Å². The fraction of sp³-hybridized carbons (Fsp3) is 0.368. The largest absolute Gasteiger partial charge is 0.490 e. The molecule has 1 fully saturated rings. The molecule has 1 aliphatic heterocycles. The van der Waals surface area contributed by atoms with E-state index in [1.807, 2.05) is 36.4 Å². The maximum absolute atomic E-state index is 12.4. The van der Waals surface area contributed by atoms with Crippen LogP contribution in [0.3, 0.4) is 0 Å². The molecule has 1 aromatic carbocycles. The maximum atomic E-state index is 12.4. The molecule has 0 radical (unpaired) electrons. The number of nitrogens with zero attached hydrogens (tertiary/aromatic N) is 2. The summed E-state index contributed by atoms with van der Waals surface area (Å²) in [5, 5.41) is 3.54. The molecule has 2 heterocycles. The Morgan fingerprint density at radius 1 is 1.28 bits per heavy atom. The molecular weight excluding hydrogens is 338 g/mol. The van der Waals surface area contributed by atoms with Crippen molar-refractivity contribution < 1.29 is 9.53 Å². The number of carbonyl (C=O) groups is 1. The molecule has 0 bridgehead atoms. The van der Waals surface area contributed by atoms with E-state index in [1.165, 1.54) is 0 Å². The molecule has 0 spiro atoms. The van der Waals surface area contributed by atoms with Gasteiger partial charge in [0.1, 0.15) is 18.2 Å². The maximum Gasteiger partial charge on any atom is 0.225 e. The van der Waals surface area contributed by atoms with Crippen molar-refractivity contribution in [3.8, 4) is 5.75 Å². The summed E-state index contributed by atoms with van der Waals surface area (Å²) < 4.78 is 5.60. The van der Waals surface area contributed by atoms with E-state index in [9.17, 15) is 4.79 Å². The van der Waals surface area contributed by atoms with Gasteiger partial charge >= 0.3 is 0 Å². The van der Waals surface area contributed by atoms with E-state index in [0.717, 1.165) is 25.2 Å². The van der Waals surface area contributed by atoms with E-state index >= 15 is 0 Å². The van der Waals surface area contributed by atoms with Gasteiger partial charge in [0.25, 0.3) is 0 Å². The highest BCUT2D eigenvalue weighted by atomic mass is 35.5. The molecule has 0 aliphatic carbocycles. The van der Waals surface area contributed by atoms with Crippen LogP contribution in [-0.4, -0.2) is 37.1 Å². The zero-order valence-corrected chi connectivity index (χ0v) is 14.8. The molecule has 1 amide bonds. The fourth-order valence-corrected chi connectivity index (χ4v) is 3.17. The highest BCUT2D eigenvalue weighted by Gasteiger charge is 2.26. The summed E-state index contributed by atoms with van der Waals surface area (Å²) in [6.45, 7) is 2.50. The van der Waals surface area contributed by atoms with Gasteiger partial charge in [0.2, 0.25) is 5.91 Å². The zero-order chi connectivity index (χ0) is 17.5. The van der Waals surface area contributed by atoms with Crippen molar-refractivity contribution in [3.05, 3.63) is 53.7 Å². The van der Waals surface area contributed by atoms with Gasteiger partial charge in [-0.2, -0.15) is 0 Å². The molecule has 1 N–H and O–H groups in total. The minimum absolute atomic E-state index is 0.0175. The summed E-state index contributed by atoms with van der Waals surface area (Å²) in [5.74, 6) is 1.62. The summed E-state index contributed by atoms with van der Waals surface area (Å²) >= 11 is 6.04. The molecule has 0 saturated carbocycles. The van der Waals surface area contributed by atoms with E-state index in [0.29, 0.717) is 30.5 Å². The first kappa shape index (κ1) is 17.5. The number of carbonyl (C=O) groups excluding carboxylic acids is 1. The molecular formula is C19H22ClN3O2. The Bertz CT molecular complexity index is 696. The van der Waals surface area contributed by atoms with E-state index in [4.69, 9.17) is 16.3 Å². The number of anilines is 1. The number of ether oxygens (including phenoxy) is 1. The number of para-hydroxylation sites is 1. The van der Waals surface area contributed by atoms with Gasteiger partial charge in [-0.3, -0.25) is 4.79 Å². The van der Waals surface area contributed by atoms with Crippen molar-refractivity contribution >= 4 is 23.3 Å². The van der Waals surface area contributed by atoms with Gasteiger partial charge in [-0.25, -0.2) is 4.98 Å². The second-order valence-corrected chi connectivity index (χ2v) is 6.45. The first-order chi connectivity index (χ1) is 12.2. The SMILES string of the molecule is O=C(NCCOc1ccccc1Cl)C1CCCN(c2ccccn2)C1. The number of hydrogen-bond acceptors (Lipinski definition) is 4. The third kappa shape index (κ3) is 4.86. The summed E-state index contributed by atoms with van der Waals surface area (Å²) in [4.78, 5) is 19.0. The van der Waals surface area contributed by atoms with Crippen LogP contribution in [0.25, 0.3) is 0 Å². The number of amides is 1. The van der Waals surface area contributed by atoms with Gasteiger partial charge < -0.3 is 15.0 Å². The fourth-order valence-electron chi connectivity index (χ4n) is 2.98. The number of halogens is 1. The second-order valence-electron chi connectivity index (χ2n) is 6.04. The van der Waals surface area contributed by atoms with Crippen molar-refractivity contribution in [1.29, 1.82) is 0 Å².